The molecule has 27 heavy (non-hydrogen) atoms. The van der Waals surface area contributed by atoms with Crippen molar-refractivity contribution < 1.29 is 14.3 Å². The van der Waals surface area contributed by atoms with E-state index in [0.717, 1.165) is 32.1 Å². The molecule has 1 amide bonds. The molecule has 0 radical (unpaired) electrons. The molecule has 0 bridgehead atoms. The Kier molecular flexibility index (Phi) is 9.36. The molecule has 7 nitrogen and oxygen atoms in total. The topological polar surface area (TPSA) is 75.2 Å². The number of nitrogens with one attached hydrogen (secondary N) is 2. The van der Waals surface area contributed by atoms with Crippen LogP contribution >= 0.6 is 0 Å². The Morgan fingerprint density at radius 1 is 1.30 bits per heavy atom. The van der Waals surface area contributed by atoms with Gasteiger partial charge in [-0.25, -0.2) is 4.79 Å². The summed E-state index contributed by atoms with van der Waals surface area (Å²) in [7, 11) is 5.32. The number of methoxy groups -OCH3 is 1. The normalized spacial score (nSPS) is 17.7. The van der Waals surface area contributed by atoms with Gasteiger partial charge in [-0.15, -0.1) is 0 Å². The van der Waals surface area contributed by atoms with E-state index < -0.39 is 5.60 Å². The smallest absolute Gasteiger partial charge is 0.410 e. The third-order valence-electron chi connectivity index (χ3n) is 5.01. The molecular formula is C20H40N4O3. The molecule has 1 rings (SSSR count). The summed E-state index contributed by atoms with van der Waals surface area (Å²) >= 11 is 0. The first kappa shape index (κ1) is 23.5. The number of carbonyl (C=O) groups is 1. The second-order valence-corrected chi connectivity index (χ2v) is 8.87. The van der Waals surface area contributed by atoms with Crippen molar-refractivity contribution in [3.8, 4) is 0 Å². The van der Waals surface area contributed by atoms with Crippen LogP contribution in [0.4, 0.5) is 4.79 Å². The van der Waals surface area contributed by atoms with Gasteiger partial charge >= 0.3 is 6.09 Å². The summed E-state index contributed by atoms with van der Waals surface area (Å²) in [6, 6.07) is 0. The lowest BCUT2D eigenvalue weighted by Crippen LogP contribution is -2.48. The highest BCUT2D eigenvalue weighted by Gasteiger charge is 2.36. The SMILES string of the molecule is CN=C(NCC(C)CN(C)C(=O)OC(C)(C)C)NCC1(CCOC)CCC1. The number of hydrogen-bond acceptors (Lipinski definition) is 4. The molecule has 0 saturated heterocycles. The second-order valence-electron chi connectivity index (χ2n) is 8.87. The highest BCUT2D eigenvalue weighted by molar-refractivity contribution is 5.79. The van der Waals surface area contributed by atoms with E-state index in [1.165, 1.54) is 19.3 Å². The van der Waals surface area contributed by atoms with E-state index in [-0.39, 0.29) is 12.0 Å². The summed E-state index contributed by atoms with van der Waals surface area (Å²) in [5, 5.41) is 6.83. The van der Waals surface area contributed by atoms with E-state index in [2.05, 4.69) is 22.5 Å². The minimum absolute atomic E-state index is 0.271. The van der Waals surface area contributed by atoms with Crippen molar-refractivity contribution >= 4 is 12.1 Å². The van der Waals surface area contributed by atoms with Crippen molar-refractivity contribution in [2.24, 2.45) is 16.3 Å². The molecule has 1 aliphatic rings. The standard InChI is InChI=1S/C20H40N4O3/c1-16(14-24(6)18(25)27-19(2,3)4)13-22-17(21-5)23-15-20(9-8-10-20)11-12-26-7/h16H,8-15H2,1-7H3,(H2,21,22,23). The maximum Gasteiger partial charge on any atom is 0.410 e. The van der Waals surface area contributed by atoms with Gasteiger partial charge in [0.1, 0.15) is 5.60 Å². The Morgan fingerprint density at radius 3 is 2.44 bits per heavy atom. The average Bonchev–Trinajstić information content (AvgIpc) is 2.54. The number of ether oxygens (including phenoxy) is 2. The van der Waals surface area contributed by atoms with Crippen molar-refractivity contribution in [2.75, 3.05) is 47.4 Å². The molecule has 1 aliphatic carbocycles. The molecule has 1 atom stereocenters. The van der Waals surface area contributed by atoms with Gasteiger partial charge in [-0.1, -0.05) is 13.3 Å². The third kappa shape index (κ3) is 8.82. The van der Waals surface area contributed by atoms with E-state index in [0.29, 0.717) is 12.0 Å². The minimum Gasteiger partial charge on any atom is -0.444 e. The Bertz CT molecular complexity index is 484. The predicted octanol–water partition coefficient (Wildman–Crippen LogP) is 2.86. The molecular weight excluding hydrogens is 344 g/mol. The zero-order valence-electron chi connectivity index (χ0n) is 18.4. The molecule has 7 heteroatoms. The molecule has 1 fully saturated rings. The van der Waals surface area contributed by atoms with Gasteiger partial charge in [0.2, 0.25) is 0 Å². The number of carbonyl (C=O) groups excluding carboxylic acids is 1. The minimum atomic E-state index is -0.473. The number of guanidine groups is 1. The van der Waals surface area contributed by atoms with Crippen molar-refractivity contribution in [1.29, 1.82) is 0 Å². The van der Waals surface area contributed by atoms with Crippen molar-refractivity contribution in [1.82, 2.24) is 15.5 Å². The zero-order valence-corrected chi connectivity index (χ0v) is 18.4. The maximum absolute atomic E-state index is 12.1. The summed E-state index contributed by atoms with van der Waals surface area (Å²) in [6.45, 7) is 10.8. The first-order valence-electron chi connectivity index (χ1n) is 9.98. The van der Waals surface area contributed by atoms with Crippen LogP contribution in [0.25, 0.3) is 0 Å². The lowest BCUT2D eigenvalue weighted by Gasteiger charge is -2.42. The van der Waals surface area contributed by atoms with E-state index >= 15 is 0 Å². The van der Waals surface area contributed by atoms with Crippen LogP contribution in [-0.2, 0) is 9.47 Å². The van der Waals surface area contributed by atoms with Crippen LogP contribution in [0.2, 0.25) is 0 Å². The van der Waals surface area contributed by atoms with Crippen LogP contribution in [0.1, 0.15) is 53.4 Å². The van der Waals surface area contributed by atoms with E-state index in [1.54, 1.807) is 26.1 Å². The number of aliphatic imine (C=N–C) groups is 1. The summed E-state index contributed by atoms with van der Waals surface area (Å²) in [6.07, 6.45) is 4.59. The molecule has 1 unspecified atom stereocenters. The quantitative estimate of drug-likeness (QED) is 0.472. The molecule has 0 spiro atoms. The second kappa shape index (κ2) is 10.7. The Hall–Kier alpha value is -1.50. The fourth-order valence-electron chi connectivity index (χ4n) is 3.22. The lowest BCUT2D eigenvalue weighted by molar-refractivity contribution is 0.0277. The van der Waals surface area contributed by atoms with Gasteiger partial charge in [0.15, 0.2) is 5.96 Å². The first-order valence-corrected chi connectivity index (χ1v) is 9.98. The third-order valence-corrected chi connectivity index (χ3v) is 5.01. The molecule has 0 aromatic carbocycles. The van der Waals surface area contributed by atoms with Crippen LogP contribution in [-0.4, -0.2) is 70.0 Å². The van der Waals surface area contributed by atoms with Crippen molar-refractivity contribution in [3.63, 3.8) is 0 Å². The van der Waals surface area contributed by atoms with Crippen LogP contribution < -0.4 is 10.6 Å². The fourth-order valence-corrected chi connectivity index (χ4v) is 3.22. The number of hydrogen-bond donors (Lipinski definition) is 2. The molecule has 0 aromatic heterocycles. The fraction of sp³-hybridized carbons (Fsp3) is 0.900. The first-order chi connectivity index (χ1) is 12.6. The molecule has 158 valence electrons. The highest BCUT2D eigenvalue weighted by atomic mass is 16.6. The monoisotopic (exact) mass is 384 g/mol. The van der Waals surface area contributed by atoms with Crippen LogP contribution in [0.15, 0.2) is 4.99 Å². The Morgan fingerprint density at radius 2 is 1.96 bits per heavy atom. The summed E-state index contributed by atoms with van der Waals surface area (Å²) in [5.74, 6) is 1.08. The Labute approximate surface area is 165 Å². The summed E-state index contributed by atoms with van der Waals surface area (Å²) in [5.41, 5.74) is -0.130. The largest absolute Gasteiger partial charge is 0.444 e. The maximum atomic E-state index is 12.1. The number of nitrogens with zero attached hydrogens (tertiary/aromatic N) is 2. The van der Waals surface area contributed by atoms with Gasteiger partial charge in [0.25, 0.3) is 0 Å². The van der Waals surface area contributed by atoms with Crippen molar-refractivity contribution in [3.05, 3.63) is 0 Å². The van der Waals surface area contributed by atoms with E-state index in [1.807, 2.05) is 20.8 Å². The van der Waals surface area contributed by atoms with E-state index in [9.17, 15) is 4.79 Å². The van der Waals surface area contributed by atoms with Gasteiger partial charge in [-0.3, -0.25) is 4.99 Å². The Balaban J connectivity index is 2.36. The van der Waals surface area contributed by atoms with Gasteiger partial charge in [-0.2, -0.15) is 0 Å². The van der Waals surface area contributed by atoms with Crippen LogP contribution in [0.3, 0.4) is 0 Å². The lowest BCUT2D eigenvalue weighted by atomic mass is 9.67. The van der Waals surface area contributed by atoms with Crippen LogP contribution in [0.5, 0.6) is 0 Å². The van der Waals surface area contributed by atoms with Crippen LogP contribution in [0, 0.1) is 11.3 Å². The average molecular weight is 385 g/mol. The predicted molar refractivity (Wildman–Crippen MR) is 110 cm³/mol. The molecule has 1 saturated carbocycles. The van der Waals surface area contributed by atoms with Gasteiger partial charge in [-0.05, 0) is 51.4 Å². The van der Waals surface area contributed by atoms with Gasteiger partial charge < -0.3 is 25.0 Å². The number of rotatable bonds is 9. The summed E-state index contributed by atoms with van der Waals surface area (Å²) < 4.78 is 10.7. The zero-order chi connectivity index (χ0) is 20.5. The van der Waals surface area contributed by atoms with Crippen molar-refractivity contribution in [2.45, 2.75) is 59.0 Å². The highest BCUT2D eigenvalue weighted by Crippen LogP contribution is 2.43. The molecule has 0 aliphatic heterocycles. The number of amides is 1. The van der Waals surface area contributed by atoms with E-state index in [4.69, 9.17) is 9.47 Å². The molecule has 2 N–H and O–H groups in total. The van der Waals surface area contributed by atoms with Gasteiger partial charge in [0.05, 0.1) is 0 Å². The summed E-state index contributed by atoms with van der Waals surface area (Å²) in [4.78, 5) is 18.0. The van der Waals surface area contributed by atoms with Gasteiger partial charge in [0, 0.05) is 47.4 Å². The molecule has 0 heterocycles. The molecule has 0 aromatic rings.